The highest BCUT2D eigenvalue weighted by Crippen LogP contribution is 2.72. The summed E-state index contributed by atoms with van der Waals surface area (Å²) in [5.74, 6) is 0.163. The molecule has 6 nitrogen and oxygen atoms in total. The summed E-state index contributed by atoms with van der Waals surface area (Å²) in [6, 6.07) is 8.15. The molecule has 2 spiro atoms. The average Bonchev–Trinajstić information content (AvgIpc) is 3.39. The number of alkyl halides is 1. The number of ether oxygens (including phenoxy) is 1. The van der Waals surface area contributed by atoms with E-state index in [-0.39, 0.29) is 29.7 Å². The molecular formula is C30H38FN3O3. The molecule has 4 fully saturated rings. The molecule has 1 aromatic heterocycles. The van der Waals surface area contributed by atoms with Crippen molar-refractivity contribution in [3.63, 3.8) is 0 Å². The molecule has 1 aromatic carbocycles. The van der Waals surface area contributed by atoms with Crippen molar-refractivity contribution >= 4 is 22.2 Å². The van der Waals surface area contributed by atoms with Crippen molar-refractivity contribution in [2.24, 2.45) is 17.3 Å². The number of likely N-dealkylation sites (N-methyl/N-ethyl adjacent to an activating group) is 1. The van der Waals surface area contributed by atoms with Gasteiger partial charge in [-0.2, -0.15) is 0 Å². The summed E-state index contributed by atoms with van der Waals surface area (Å²) in [5.41, 5.74) is 5.26. The number of aromatic nitrogens is 1. The second-order valence-electron chi connectivity index (χ2n) is 13.0. The minimum atomic E-state index is -1.50. The van der Waals surface area contributed by atoms with Crippen LogP contribution in [0.25, 0.3) is 16.3 Å². The van der Waals surface area contributed by atoms with Crippen molar-refractivity contribution < 1.29 is 19.3 Å². The number of aliphatic hydroxyl groups excluding tert-OH is 2. The predicted molar refractivity (Wildman–Crippen MR) is 141 cm³/mol. The Hall–Kier alpha value is -2.06. The van der Waals surface area contributed by atoms with Gasteiger partial charge in [-0.15, -0.1) is 0 Å². The fourth-order valence-electron chi connectivity index (χ4n) is 9.33. The predicted octanol–water partition coefficient (Wildman–Crippen LogP) is 4.09. The Bertz CT molecular complexity index is 1320. The van der Waals surface area contributed by atoms with E-state index in [2.05, 4.69) is 36.2 Å². The number of pyridine rings is 1. The first-order valence-electron chi connectivity index (χ1n) is 13.8. The van der Waals surface area contributed by atoms with Crippen LogP contribution in [0.5, 0.6) is 0 Å². The minimum Gasteiger partial charge on any atom is -0.390 e. The van der Waals surface area contributed by atoms with E-state index in [4.69, 9.17) is 10.5 Å². The van der Waals surface area contributed by atoms with E-state index in [1.165, 1.54) is 5.57 Å². The van der Waals surface area contributed by atoms with Gasteiger partial charge in [0.25, 0.3) is 0 Å². The average molecular weight is 508 g/mol. The highest BCUT2D eigenvalue weighted by molar-refractivity contribution is 5.88. The van der Waals surface area contributed by atoms with Gasteiger partial charge in [0, 0.05) is 29.5 Å². The van der Waals surface area contributed by atoms with Gasteiger partial charge in [0.05, 0.1) is 17.8 Å². The zero-order valence-corrected chi connectivity index (χ0v) is 22.0. The molecule has 198 valence electrons. The van der Waals surface area contributed by atoms with Crippen LogP contribution in [-0.4, -0.2) is 69.3 Å². The Morgan fingerprint density at radius 2 is 1.86 bits per heavy atom. The van der Waals surface area contributed by atoms with Gasteiger partial charge in [-0.3, -0.25) is 0 Å². The van der Waals surface area contributed by atoms with Gasteiger partial charge in [-0.25, -0.2) is 9.37 Å². The molecular weight excluding hydrogens is 469 g/mol. The SMILES string of the molecule is CN(C)C1CC23CCC4(O2)C2CC=C(c5ccc6cnc(N)cc6c5)C2(C)CCC4(F)CC3C(O)C1O. The highest BCUT2D eigenvalue weighted by atomic mass is 19.1. The zero-order chi connectivity index (χ0) is 26.0. The van der Waals surface area contributed by atoms with Crippen molar-refractivity contribution in [3.05, 3.63) is 42.1 Å². The molecule has 37 heavy (non-hydrogen) atoms. The van der Waals surface area contributed by atoms with Gasteiger partial charge in [-0.1, -0.05) is 25.1 Å². The Morgan fingerprint density at radius 1 is 1.05 bits per heavy atom. The number of fused-ring (bicyclic) bond motifs is 2. The lowest BCUT2D eigenvalue weighted by Gasteiger charge is -2.64. The number of nitrogens with two attached hydrogens (primary N) is 1. The fourth-order valence-corrected chi connectivity index (χ4v) is 9.33. The topological polar surface area (TPSA) is 91.8 Å². The third kappa shape index (κ3) is 2.97. The molecule has 2 aromatic rings. The van der Waals surface area contributed by atoms with Gasteiger partial charge < -0.3 is 25.6 Å². The third-order valence-electron chi connectivity index (χ3n) is 11.3. The molecule has 0 amide bonds. The molecule has 3 heterocycles. The molecule has 5 aliphatic rings. The second kappa shape index (κ2) is 7.53. The summed E-state index contributed by atoms with van der Waals surface area (Å²) in [5, 5.41) is 24.2. The minimum absolute atomic E-state index is 0.0362. The van der Waals surface area contributed by atoms with Crippen LogP contribution in [0, 0.1) is 17.3 Å². The van der Waals surface area contributed by atoms with E-state index >= 15 is 4.39 Å². The molecule has 2 saturated heterocycles. The Kier molecular flexibility index (Phi) is 4.89. The Morgan fingerprint density at radius 3 is 2.65 bits per heavy atom. The first-order chi connectivity index (χ1) is 17.5. The van der Waals surface area contributed by atoms with Crippen LogP contribution in [0.3, 0.4) is 0 Å². The lowest BCUT2D eigenvalue weighted by molar-refractivity contribution is -0.314. The van der Waals surface area contributed by atoms with Gasteiger partial charge in [0.2, 0.25) is 0 Å². The first kappa shape index (κ1) is 24.0. The molecule has 4 N–H and O–H groups in total. The second-order valence-corrected chi connectivity index (χ2v) is 13.0. The number of halogens is 1. The van der Waals surface area contributed by atoms with E-state index in [1.54, 1.807) is 6.20 Å². The number of nitrogens with zero attached hydrogens (tertiary/aromatic N) is 2. The van der Waals surface area contributed by atoms with E-state index in [0.29, 0.717) is 25.1 Å². The van der Waals surface area contributed by atoms with Crippen LogP contribution in [0.15, 0.2) is 36.5 Å². The van der Waals surface area contributed by atoms with Gasteiger partial charge in [0.1, 0.15) is 17.1 Å². The number of hydrogen-bond donors (Lipinski definition) is 3. The Labute approximate surface area is 217 Å². The zero-order valence-electron chi connectivity index (χ0n) is 22.0. The number of aliphatic hydroxyl groups is 2. The van der Waals surface area contributed by atoms with E-state index < -0.39 is 29.1 Å². The summed E-state index contributed by atoms with van der Waals surface area (Å²) < 4.78 is 24.3. The molecule has 7 rings (SSSR count). The quantitative estimate of drug-likeness (QED) is 0.567. The van der Waals surface area contributed by atoms with E-state index in [0.717, 1.165) is 35.6 Å². The monoisotopic (exact) mass is 507 g/mol. The molecule has 2 aliphatic heterocycles. The number of nitrogen functional groups attached to an aromatic ring is 1. The van der Waals surface area contributed by atoms with Crippen LogP contribution in [-0.2, 0) is 4.74 Å². The van der Waals surface area contributed by atoms with E-state index in [1.807, 2.05) is 25.1 Å². The van der Waals surface area contributed by atoms with Gasteiger partial charge in [-0.05, 0) is 93.1 Å². The van der Waals surface area contributed by atoms with Crippen LogP contribution in [0.4, 0.5) is 10.2 Å². The molecule has 9 unspecified atom stereocenters. The maximum atomic E-state index is 17.2. The molecule has 2 saturated carbocycles. The summed E-state index contributed by atoms with van der Waals surface area (Å²) in [6.45, 7) is 2.30. The molecule has 3 aliphatic carbocycles. The maximum absolute atomic E-state index is 17.2. The first-order valence-corrected chi connectivity index (χ1v) is 13.8. The van der Waals surface area contributed by atoms with Crippen LogP contribution >= 0.6 is 0 Å². The lowest BCUT2D eigenvalue weighted by Crippen LogP contribution is -2.72. The number of anilines is 1. The largest absolute Gasteiger partial charge is 0.390 e. The summed E-state index contributed by atoms with van der Waals surface area (Å²) >= 11 is 0. The number of benzene rings is 1. The van der Waals surface area contributed by atoms with Crippen molar-refractivity contribution in [1.29, 1.82) is 0 Å². The number of hydrogen-bond acceptors (Lipinski definition) is 6. The standard InChI is InChI=1S/C30H38FN3O3/c1-27-8-10-29(31)14-21-25(35)26(36)22(34(2)3)15-28(21)9-11-30(29,37-28)23(27)7-6-20(27)17-4-5-18-16-33-24(32)13-19(18)12-17/h4-6,12-13,16,21-23,25-26,35-36H,7-11,14-15H2,1-3H3,(H2,32,33). The maximum Gasteiger partial charge on any atom is 0.140 e. The summed E-state index contributed by atoms with van der Waals surface area (Å²) in [4.78, 5) is 6.20. The number of allylic oxidation sites excluding steroid dienone is 2. The summed E-state index contributed by atoms with van der Waals surface area (Å²) in [7, 11) is 3.87. The van der Waals surface area contributed by atoms with Crippen LogP contribution < -0.4 is 5.73 Å². The van der Waals surface area contributed by atoms with Crippen LogP contribution in [0.2, 0.25) is 0 Å². The fraction of sp³-hybridized carbons (Fsp3) is 0.633. The van der Waals surface area contributed by atoms with Crippen LogP contribution in [0.1, 0.15) is 57.4 Å². The van der Waals surface area contributed by atoms with Gasteiger partial charge >= 0.3 is 0 Å². The Balaban J connectivity index is 1.27. The normalized spacial score (nSPS) is 46.5. The van der Waals surface area contributed by atoms with Crippen molar-refractivity contribution in [3.8, 4) is 0 Å². The van der Waals surface area contributed by atoms with Crippen molar-refractivity contribution in [2.45, 2.75) is 87.0 Å². The molecule has 9 atom stereocenters. The molecule has 2 bridgehead atoms. The lowest BCUT2D eigenvalue weighted by atomic mass is 9.51. The number of rotatable bonds is 2. The molecule has 7 heteroatoms. The van der Waals surface area contributed by atoms with Crippen molar-refractivity contribution in [2.75, 3.05) is 19.8 Å². The van der Waals surface area contributed by atoms with Crippen molar-refractivity contribution in [1.82, 2.24) is 9.88 Å². The summed E-state index contributed by atoms with van der Waals surface area (Å²) in [6.07, 6.45) is 6.50. The van der Waals surface area contributed by atoms with E-state index in [9.17, 15) is 10.2 Å². The van der Waals surface area contributed by atoms with Gasteiger partial charge in [0.15, 0.2) is 0 Å². The highest BCUT2D eigenvalue weighted by Gasteiger charge is 2.77. The third-order valence-corrected chi connectivity index (χ3v) is 11.3. The smallest absolute Gasteiger partial charge is 0.140 e. The molecule has 0 radical (unpaired) electrons.